The van der Waals surface area contributed by atoms with Gasteiger partial charge in [0.1, 0.15) is 5.75 Å². The highest BCUT2D eigenvalue weighted by Crippen LogP contribution is 2.33. The molecule has 0 aliphatic carbocycles. The van der Waals surface area contributed by atoms with Gasteiger partial charge in [-0.2, -0.15) is 8.42 Å². The Hall–Kier alpha value is -2.88. The molecule has 0 amide bonds. The average molecular weight is 405 g/mol. The molecule has 3 rings (SSSR count). The second-order valence-electron chi connectivity index (χ2n) is 6.08. The van der Waals surface area contributed by atoms with E-state index in [1.54, 1.807) is 54.6 Å². The number of Topliss-reactive ketones (excluding diaryl/α,β-unsaturated/α-hetero) is 1. The second kappa shape index (κ2) is 8.01. The average Bonchev–Trinajstić information content (AvgIpc) is 2.95. The maximum atomic E-state index is 12.6. The van der Waals surface area contributed by atoms with Gasteiger partial charge in [0.05, 0.1) is 0 Å². The van der Waals surface area contributed by atoms with Crippen LogP contribution in [-0.2, 0) is 34.3 Å². The highest BCUT2D eigenvalue weighted by molar-refractivity contribution is 7.86. The monoisotopic (exact) mass is 405 g/mol. The molecule has 0 aromatic heterocycles. The largest absolute Gasteiger partial charge is 0.460 e. The molecule has 2 aromatic rings. The third kappa shape index (κ3) is 4.33. The van der Waals surface area contributed by atoms with Crippen LogP contribution in [0.2, 0.25) is 0 Å². The molecule has 1 heterocycles. The Bertz CT molecular complexity index is 985. The summed E-state index contributed by atoms with van der Waals surface area (Å²) >= 11 is 0. The number of ether oxygens (including phenoxy) is 2. The van der Waals surface area contributed by atoms with E-state index in [0.29, 0.717) is 16.7 Å². The minimum absolute atomic E-state index is 0.396. The van der Waals surface area contributed by atoms with Crippen LogP contribution in [0.3, 0.4) is 0 Å². The maximum Gasteiger partial charge on any atom is 0.313 e. The van der Waals surface area contributed by atoms with Crippen molar-refractivity contribution in [1.82, 2.24) is 0 Å². The van der Waals surface area contributed by atoms with Gasteiger partial charge in [-0.25, -0.2) is 0 Å². The third-order valence-electron chi connectivity index (χ3n) is 4.07. The number of aliphatic hydroxyl groups excluding tert-OH is 1. The van der Waals surface area contributed by atoms with Crippen molar-refractivity contribution in [3.05, 3.63) is 82.9 Å². The summed E-state index contributed by atoms with van der Waals surface area (Å²) in [5.74, 6) is -2.05. The lowest BCUT2D eigenvalue weighted by Crippen LogP contribution is -2.16. The topological polar surface area (TPSA) is 125 Å². The number of nitrogens with two attached hydrogens (primary N) is 1. The van der Waals surface area contributed by atoms with Gasteiger partial charge < -0.3 is 24.5 Å². The van der Waals surface area contributed by atoms with Crippen molar-refractivity contribution in [1.29, 1.82) is 0 Å². The summed E-state index contributed by atoms with van der Waals surface area (Å²) in [4.78, 5) is 12.6. The highest BCUT2D eigenvalue weighted by Gasteiger charge is 2.39. The molecule has 0 spiro atoms. The van der Waals surface area contributed by atoms with Crippen molar-refractivity contribution in [3.63, 3.8) is 0 Å². The number of hydrogen-bond acceptors (Lipinski definition) is 8. The molecular formula is C19H19NO7S. The normalized spacial score (nSPS) is 18.1. The van der Waals surface area contributed by atoms with Gasteiger partial charge >= 0.3 is 10.1 Å². The lowest BCUT2D eigenvalue weighted by Gasteiger charge is -2.12. The molecule has 2 aromatic carbocycles. The molecule has 2 atom stereocenters. The lowest BCUT2D eigenvalue weighted by atomic mass is 10.0. The van der Waals surface area contributed by atoms with E-state index < -0.39 is 45.7 Å². The summed E-state index contributed by atoms with van der Waals surface area (Å²) in [5, 5.41) is 9.63. The quantitative estimate of drug-likeness (QED) is 0.526. The molecule has 148 valence electrons. The Morgan fingerprint density at radius 2 is 1.79 bits per heavy atom. The molecule has 3 N–H and O–H groups in total. The Morgan fingerprint density at radius 1 is 1.14 bits per heavy atom. The predicted octanol–water partition coefficient (Wildman–Crippen LogP) is 1.64. The zero-order valence-electron chi connectivity index (χ0n) is 14.9. The van der Waals surface area contributed by atoms with E-state index in [1.807, 2.05) is 0 Å². The molecule has 2 unspecified atom stereocenters. The molecule has 0 bridgehead atoms. The number of rotatable bonds is 7. The number of benzene rings is 2. The molecule has 9 heteroatoms. The van der Waals surface area contributed by atoms with Gasteiger partial charge in [-0.1, -0.05) is 54.6 Å². The van der Waals surface area contributed by atoms with E-state index in [2.05, 4.69) is 0 Å². The van der Waals surface area contributed by atoms with Crippen LogP contribution in [-0.4, -0.2) is 26.4 Å². The van der Waals surface area contributed by atoms with Crippen LogP contribution in [0.1, 0.15) is 29.1 Å². The second-order valence-corrected chi connectivity index (χ2v) is 7.65. The van der Waals surface area contributed by atoms with E-state index in [4.69, 9.17) is 19.4 Å². The first-order valence-corrected chi connectivity index (χ1v) is 9.86. The summed E-state index contributed by atoms with van der Waals surface area (Å²) in [5.41, 5.74) is 7.11. The molecule has 8 nitrogen and oxygen atoms in total. The first kappa shape index (κ1) is 19.9. The summed E-state index contributed by atoms with van der Waals surface area (Å²) in [6.07, 6.45) is -2.23. The highest BCUT2D eigenvalue weighted by atomic mass is 32.2. The van der Waals surface area contributed by atoms with Crippen LogP contribution in [0.4, 0.5) is 0 Å². The van der Waals surface area contributed by atoms with Crippen molar-refractivity contribution in [3.8, 4) is 0 Å². The van der Waals surface area contributed by atoms with Crippen LogP contribution in [0.5, 0.6) is 0 Å². The van der Waals surface area contributed by atoms with Gasteiger partial charge in [0.2, 0.25) is 17.4 Å². The van der Waals surface area contributed by atoms with Gasteiger partial charge in [-0.15, -0.1) is 0 Å². The van der Waals surface area contributed by atoms with Crippen LogP contribution < -0.4 is 5.73 Å². The number of ketones is 1. The number of methoxy groups -OCH3 is 1. The molecule has 1 aliphatic rings. The van der Waals surface area contributed by atoms with E-state index in [9.17, 15) is 18.3 Å². The first-order valence-electron chi connectivity index (χ1n) is 8.28. The molecule has 28 heavy (non-hydrogen) atoms. The summed E-state index contributed by atoms with van der Waals surface area (Å²) in [7, 11) is -2.75. The van der Waals surface area contributed by atoms with Crippen LogP contribution in [0.25, 0.3) is 0 Å². The van der Waals surface area contributed by atoms with Crippen LogP contribution >= 0.6 is 0 Å². The van der Waals surface area contributed by atoms with Crippen molar-refractivity contribution in [2.45, 2.75) is 18.1 Å². The van der Waals surface area contributed by atoms with Crippen molar-refractivity contribution >= 4 is 15.9 Å². The minimum Gasteiger partial charge on any atom is -0.460 e. The zero-order chi connectivity index (χ0) is 20.3. The summed E-state index contributed by atoms with van der Waals surface area (Å²) in [6.45, 7) is 0. The summed E-state index contributed by atoms with van der Waals surface area (Å²) in [6, 6.07) is 14.6. The lowest BCUT2D eigenvalue weighted by molar-refractivity contribution is -0.123. The number of carbonyl (C=O) groups is 1. The van der Waals surface area contributed by atoms with Gasteiger partial charge in [0.25, 0.3) is 0 Å². The maximum absolute atomic E-state index is 12.6. The fourth-order valence-electron chi connectivity index (χ4n) is 2.68. The van der Waals surface area contributed by atoms with E-state index in [1.165, 1.54) is 7.11 Å². The number of aliphatic hydroxyl groups is 1. The van der Waals surface area contributed by atoms with Crippen molar-refractivity contribution < 1.29 is 32.0 Å². The van der Waals surface area contributed by atoms with Crippen molar-refractivity contribution in [2.75, 3.05) is 7.11 Å². The third-order valence-corrected chi connectivity index (χ3v) is 5.18. The Kier molecular flexibility index (Phi) is 5.68. The fraction of sp³-hybridized carbons (Fsp3) is 0.211. The smallest absolute Gasteiger partial charge is 0.313 e. The fourth-order valence-corrected chi connectivity index (χ4v) is 3.76. The number of hydrogen-bond donors (Lipinski definition) is 2. The predicted molar refractivity (Wildman–Crippen MR) is 98.6 cm³/mol. The standard InChI is InChI=1S/C19H19NO7S/c1-25-19(22)14-9-7-13(8-10-14)16-15(21)17(18(20)26-16)27-28(23,24)11-12-5-3-2-4-6-12/h2-10,16,19,22H,11,20H2,1H3. The van der Waals surface area contributed by atoms with E-state index >= 15 is 0 Å². The molecule has 0 fully saturated rings. The van der Waals surface area contributed by atoms with Gasteiger partial charge in [-0.05, 0) is 5.56 Å². The van der Waals surface area contributed by atoms with E-state index in [-0.39, 0.29) is 0 Å². The Morgan fingerprint density at radius 3 is 2.39 bits per heavy atom. The molecule has 1 aliphatic heterocycles. The summed E-state index contributed by atoms with van der Waals surface area (Å²) < 4.78 is 39.6. The van der Waals surface area contributed by atoms with Crippen molar-refractivity contribution in [2.24, 2.45) is 5.73 Å². The molecule has 0 radical (unpaired) electrons. The minimum atomic E-state index is -4.10. The molecular weight excluding hydrogens is 386 g/mol. The Labute approximate surface area is 162 Å². The first-order chi connectivity index (χ1) is 13.3. The molecule has 0 saturated heterocycles. The number of carbonyl (C=O) groups excluding carboxylic acids is 1. The SMILES string of the molecule is COC(O)c1ccc(C2OC(N)=C(OS(=O)(=O)Cc3ccccc3)C2=O)cc1. The zero-order valence-corrected chi connectivity index (χ0v) is 15.8. The Balaban J connectivity index is 1.74. The van der Waals surface area contributed by atoms with Gasteiger partial charge in [0, 0.05) is 18.2 Å². The van der Waals surface area contributed by atoms with Gasteiger partial charge in [0.15, 0.2) is 12.4 Å². The van der Waals surface area contributed by atoms with Gasteiger partial charge in [-0.3, -0.25) is 4.79 Å². The van der Waals surface area contributed by atoms with E-state index in [0.717, 1.165) is 0 Å². The molecule has 0 saturated carbocycles. The van der Waals surface area contributed by atoms with Crippen LogP contribution in [0, 0.1) is 0 Å². The van der Waals surface area contributed by atoms with Crippen LogP contribution in [0.15, 0.2) is 66.2 Å².